The van der Waals surface area contributed by atoms with E-state index in [4.69, 9.17) is 0 Å². The van der Waals surface area contributed by atoms with Gasteiger partial charge < -0.3 is 10.4 Å². The Morgan fingerprint density at radius 1 is 0.833 bits per heavy atom. The third-order valence-corrected chi connectivity index (χ3v) is 5.04. The number of hydrogen-bond acceptors (Lipinski definition) is 2. The topological polar surface area (TPSA) is 32.3 Å². The SMILES string of the molecule is CC(C)(C)C1CCCCC1NC1CCCCC1O. The Morgan fingerprint density at radius 3 is 2.00 bits per heavy atom. The van der Waals surface area contributed by atoms with Crippen molar-refractivity contribution in [1.29, 1.82) is 0 Å². The number of hydrogen-bond donors (Lipinski definition) is 2. The molecule has 0 aliphatic heterocycles. The molecule has 0 spiro atoms. The van der Waals surface area contributed by atoms with Crippen LogP contribution >= 0.6 is 0 Å². The van der Waals surface area contributed by atoms with Crippen LogP contribution in [0.3, 0.4) is 0 Å². The summed E-state index contributed by atoms with van der Waals surface area (Å²) in [7, 11) is 0. The number of aliphatic hydroxyl groups is 1. The summed E-state index contributed by atoms with van der Waals surface area (Å²) in [5.41, 5.74) is 0.387. The average Bonchev–Trinajstić information content (AvgIpc) is 2.31. The summed E-state index contributed by atoms with van der Waals surface area (Å²) in [5.74, 6) is 0.764. The van der Waals surface area contributed by atoms with Crippen molar-refractivity contribution in [3.63, 3.8) is 0 Å². The molecule has 4 unspecified atom stereocenters. The third-order valence-electron chi connectivity index (χ3n) is 5.04. The predicted molar refractivity (Wildman–Crippen MR) is 76.6 cm³/mol. The molecule has 2 aliphatic rings. The molecule has 2 rings (SSSR count). The molecule has 18 heavy (non-hydrogen) atoms. The van der Waals surface area contributed by atoms with Crippen molar-refractivity contribution in [1.82, 2.24) is 5.32 Å². The van der Waals surface area contributed by atoms with Gasteiger partial charge in [-0.05, 0) is 37.0 Å². The van der Waals surface area contributed by atoms with Crippen molar-refractivity contribution in [3.05, 3.63) is 0 Å². The second kappa shape index (κ2) is 5.92. The van der Waals surface area contributed by atoms with E-state index in [-0.39, 0.29) is 6.10 Å². The Balaban J connectivity index is 1.96. The third kappa shape index (κ3) is 3.48. The minimum atomic E-state index is -0.110. The summed E-state index contributed by atoms with van der Waals surface area (Å²) in [6.07, 6.45) is 9.91. The van der Waals surface area contributed by atoms with Gasteiger partial charge in [0.1, 0.15) is 0 Å². The molecule has 4 atom stereocenters. The second-order valence-corrected chi connectivity index (χ2v) is 7.49. The quantitative estimate of drug-likeness (QED) is 0.789. The van der Waals surface area contributed by atoms with Gasteiger partial charge in [-0.15, -0.1) is 0 Å². The lowest BCUT2D eigenvalue weighted by molar-refractivity contribution is 0.0569. The van der Waals surface area contributed by atoms with Crippen LogP contribution in [0.5, 0.6) is 0 Å². The van der Waals surface area contributed by atoms with Crippen LogP contribution in [0.1, 0.15) is 72.1 Å². The Labute approximate surface area is 113 Å². The smallest absolute Gasteiger partial charge is 0.0693 e. The summed E-state index contributed by atoms with van der Waals surface area (Å²) in [6.45, 7) is 7.11. The van der Waals surface area contributed by atoms with Crippen LogP contribution in [0, 0.1) is 11.3 Å². The summed E-state index contributed by atoms with van der Waals surface area (Å²) >= 11 is 0. The first-order valence-electron chi connectivity index (χ1n) is 7.92. The highest BCUT2D eigenvalue weighted by Crippen LogP contribution is 2.38. The molecule has 2 N–H and O–H groups in total. The number of aliphatic hydroxyl groups excluding tert-OH is 1. The van der Waals surface area contributed by atoms with Crippen molar-refractivity contribution >= 4 is 0 Å². The van der Waals surface area contributed by atoms with Crippen molar-refractivity contribution in [2.24, 2.45) is 11.3 Å². The highest BCUT2D eigenvalue weighted by Gasteiger charge is 2.36. The maximum atomic E-state index is 10.1. The van der Waals surface area contributed by atoms with Crippen LogP contribution in [0.4, 0.5) is 0 Å². The van der Waals surface area contributed by atoms with E-state index in [9.17, 15) is 5.11 Å². The Bertz CT molecular complexity index is 258. The van der Waals surface area contributed by atoms with Crippen molar-refractivity contribution in [2.45, 2.75) is 90.3 Å². The van der Waals surface area contributed by atoms with Crippen LogP contribution in [-0.4, -0.2) is 23.3 Å². The van der Waals surface area contributed by atoms with Gasteiger partial charge >= 0.3 is 0 Å². The molecule has 0 amide bonds. The van der Waals surface area contributed by atoms with Gasteiger partial charge in [0, 0.05) is 12.1 Å². The number of rotatable bonds is 2. The van der Waals surface area contributed by atoms with Gasteiger partial charge in [-0.1, -0.05) is 46.5 Å². The first-order chi connectivity index (χ1) is 8.48. The van der Waals surface area contributed by atoms with Crippen LogP contribution in [0.25, 0.3) is 0 Å². The van der Waals surface area contributed by atoms with Crippen molar-refractivity contribution in [2.75, 3.05) is 0 Å². The van der Waals surface area contributed by atoms with E-state index in [0.717, 1.165) is 18.8 Å². The Hall–Kier alpha value is -0.0800. The molecule has 0 radical (unpaired) electrons. The van der Waals surface area contributed by atoms with E-state index in [1.54, 1.807) is 0 Å². The average molecular weight is 253 g/mol. The molecule has 0 aromatic carbocycles. The molecule has 2 fully saturated rings. The maximum absolute atomic E-state index is 10.1. The zero-order valence-corrected chi connectivity index (χ0v) is 12.4. The first-order valence-corrected chi connectivity index (χ1v) is 7.92. The van der Waals surface area contributed by atoms with E-state index in [1.165, 1.54) is 38.5 Å². The molecular formula is C16H31NO. The highest BCUT2D eigenvalue weighted by molar-refractivity contribution is 4.92. The van der Waals surface area contributed by atoms with Gasteiger partial charge in [0.15, 0.2) is 0 Å². The lowest BCUT2D eigenvalue weighted by Crippen LogP contribution is -2.52. The van der Waals surface area contributed by atoms with Crippen LogP contribution in [0.2, 0.25) is 0 Å². The Morgan fingerprint density at radius 2 is 1.39 bits per heavy atom. The van der Waals surface area contributed by atoms with Gasteiger partial charge in [-0.3, -0.25) is 0 Å². The molecule has 106 valence electrons. The Kier molecular flexibility index (Phi) is 4.71. The molecule has 2 aliphatic carbocycles. The molecule has 0 saturated heterocycles. The van der Waals surface area contributed by atoms with Gasteiger partial charge in [0.05, 0.1) is 6.10 Å². The van der Waals surface area contributed by atoms with Gasteiger partial charge in [-0.2, -0.15) is 0 Å². The predicted octanol–water partition coefficient (Wildman–Crippen LogP) is 3.48. The van der Waals surface area contributed by atoms with Gasteiger partial charge in [0.25, 0.3) is 0 Å². The van der Waals surface area contributed by atoms with Gasteiger partial charge in [0.2, 0.25) is 0 Å². The monoisotopic (exact) mass is 253 g/mol. The van der Waals surface area contributed by atoms with E-state index < -0.39 is 0 Å². The van der Waals surface area contributed by atoms with Crippen LogP contribution in [0.15, 0.2) is 0 Å². The van der Waals surface area contributed by atoms with E-state index in [1.807, 2.05) is 0 Å². The summed E-state index contributed by atoms with van der Waals surface area (Å²) in [4.78, 5) is 0. The standard InChI is InChI=1S/C16H31NO/c1-16(2,3)12-8-4-5-9-13(12)17-14-10-6-7-11-15(14)18/h12-15,17-18H,4-11H2,1-3H3. The fraction of sp³-hybridized carbons (Fsp3) is 1.00. The fourth-order valence-electron chi connectivity index (χ4n) is 3.95. The normalized spacial score (nSPS) is 38.7. The fourth-order valence-corrected chi connectivity index (χ4v) is 3.95. The summed E-state index contributed by atoms with van der Waals surface area (Å²) < 4.78 is 0. The molecule has 0 aromatic rings. The minimum Gasteiger partial charge on any atom is -0.392 e. The van der Waals surface area contributed by atoms with Crippen LogP contribution < -0.4 is 5.32 Å². The van der Waals surface area contributed by atoms with E-state index in [2.05, 4.69) is 26.1 Å². The van der Waals surface area contributed by atoms with Crippen molar-refractivity contribution < 1.29 is 5.11 Å². The molecule has 0 bridgehead atoms. The zero-order valence-electron chi connectivity index (χ0n) is 12.4. The van der Waals surface area contributed by atoms with Gasteiger partial charge in [-0.25, -0.2) is 0 Å². The second-order valence-electron chi connectivity index (χ2n) is 7.49. The molecule has 2 nitrogen and oxygen atoms in total. The van der Waals surface area contributed by atoms with E-state index in [0.29, 0.717) is 17.5 Å². The highest BCUT2D eigenvalue weighted by atomic mass is 16.3. The van der Waals surface area contributed by atoms with E-state index >= 15 is 0 Å². The molecule has 0 aromatic heterocycles. The number of nitrogens with one attached hydrogen (secondary N) is 1. The van der Waals surface area contributed by atoms with Crippen molar-refractivity contribution in [3.8, 4) is 0 Å². The lowest BCUT2D eigenvalue weighted by Gasteiger charge is -2.43. The zero-order chi connectivity index (χ0) is 13.2. The summed E-state index contributed by atoms with van der Waals surface area (Å²) in [6, 6.07) is 0.975. The molecule has 0 heterocycles. The van der Waals surface area contributed by atoms with Crippen LogP contribution in [-0.2, 0) is 0 Å². The lowest BCUT2D eigenvalue weighted by atomic mass is 9.69. The summed E-state index contributed by atoms with van der Waals surface area (Å²) in [5, 5.41) is 13.9. The molecule has 2 saturated carbocycles. The maximum Gasteiger partial charge on any atom is 0.0693 e. The molecular weight excluding hydrogens is 222 g/mol. The minimum absolute atomic E-state index is 0.110. The largest absolute Gasteiger partial charge is 0.392 e. The first kappa shape index (κ1) is 14.3. The molecule has 2 heteroatoms.